The number of nitrogens with one attached hydrogen (secondary N) is 4. The summed E-state index contributed by atoms with van der Waals surface area (Å²) in [5, 5.41) is 9.20. The van der Waals surface area contributed by atoms with Crippen molar-refractivity contribution in [2.45, 2.75) is 0 Å². The molecule has 2 aliphatic heterocycles. The molecule has 1 fully saturated rings. The van der Waals surface area contributed by atoms with Gasteiger partial charge in [0.1, 0.15) is 12.2 Å². The van der Waals surface area contributed by atoms with Crippen LogP contribution in [0.25, 0.3) is 0 Å². The Labute approximate surface area is 196 Å². The number of rotatable bonds is 5. The number of hydrogen-bond donors (Lipinski definition) is 4. The summed E-state index contributed by atoms with van der Waals surface area (Å²) < 4.78 is 5.50. The minimum atomic E-state index is -0.496. The summed E-state index contributed by atoms with van der Waals surface area (Å²) in [5.41, 5.74) is 3.02. The molecule has 0 saturated carbocycles. The number of pyridine rings is 2. The third-order valence-corrected chi connectivity index (χ3v) is 5.97. The molecule has 4 heterocycles. The van der Waals surface area contributed by atoms with Crippen LogP contribution in [0.1, 0.15) is 10.4 Å². The van der Waals surface area contributed by atoms with E-state index in [1.165, 1.54) is 6.20 Å². The first-order chi connectivity index (χ1) is 16.6. The molecule has 3 aromatic rings. The summed E-state index contributed by atoms with van der Waals surface area (Å²) in [6.45, 7) is 5.22. The van der Waals surface area contributed by atoms with Crippen LogP contribution in [0.3, 0.4) is 0 Å². The second-order valence-corrected chi connectivity index (χ2v) is 8.36. The number of H-pyrrole nitrogens is 1. The molecular weight excluding hydrogens is 434 g/mol. The number of carbonyl (C=O) groups excluding carboxylic acids is 1. The van der Waals surface area contributed by atoms with Gasteiger partial charge in [0, 0.05) is 50.3 Å². The molecule has 0 aliphatic carbocycles. The lowest BCUT2D eigenvalue weighted by Crippen LogP contribution is -2.44. The highest BCUT2D eigenvalue weighted by molar-refractivity contribution is 6.08. The van der Waals surface area contributed by atoms with Gasteiger partial charge in [-0.1, -0.05) is 0 Å². The first-order valence-electron chi connectivity index (χ1n) is 11.3. The van der Waals surface area contributed by atoms with E-state index >= 15 is 0 Å². The Hall–Kier alpha value is -4.05. The number of hydrogen-bond acceptors (Lipinski definition) is 8. The number of piperazine rings is 1. The Kier molecular flexibility index (Phi) is 6.05. The van der Waals surface area contributed by atoms with Gasteiger partial charge in [-0.3, -0.25) is 9.59 Å². The fraction of sp³-hybridized carbons (Fsp3) is 0.292. The SMILES string of the molecule is CN1CCN(c2ccc(NC(=O)c3c(Nc4cnc5c(c4)NCCO5)cc[nH]c3=O)cc2)CC1. The quantitative estimate of drug-likeness (QED) is 0.458. The molecule has 1 amide bonds. The third-order valence-electron chi connectivity index (χ3n) is 5.97. The number of aromatic amines is 1. The first kappa shape index (κ1) is 21.8. The van der Waals surface area contributed by atoms with Gasteiger partial charge in [0.25, 0.3) is 11.5 Å². The molecule has 1 aromatic carbocycles. The molecule has 10 heteroatoms. The zero-order chi connectivity index (χ0) is 23.5. The van der Waals surface area contributed by atoms with Crippen molar-refractivity contribution < 1.29 is 9.53 Å². The molecule has 176 valence electrons. The second-order valence-electron chi connectivity index (χ2n) is 8.36. The molecule has 2 aliphatic rings. The first-order valence-corrected chi connectivity index (χ1v) is 11.3. The Morgan fingerprint density at radius 1 is 1.09 bits per heavy atom. The number of benzene rings is 1. The minimum absolute atomic E-state index is 0.00688. The predicted molar refractivity (Wildman–Crippen MR) is 133 cm³/mol. The van der Waals surface area contributed by atoms with E-state index < -0.39 is 11.5 Å². The van der Waals surface area contributed by atoms with Crippen molar-refractivity contribution in [3.05, 3.63) is 64.7 Å². The van der Waals surface area contributed by atoms with Gasteiger partial charge in [0.2, 0.25) is 5.88 Å². The van der Waals surface area contributed by atoms with Gasteiger partial charge in [0.05, 0.1) is 23.3 Å². The van der Waals surface area contributed by atoms with E-state index in [2.05, 4.69) is 42.8 Å². The molecule has 1 saturated heterocycles. The van der Waals surface area contributed by atoms with Crippen molar-refractivity contribution >= 4 is 34.3 Å². The van der Waals surface area contributed by atoms with Crippen LogP contribution in [-0.2, 0) is 0 Å². The van der Waals surface area contributed by atoms with Crippen LogP contribution >= 0.6 is 0 Å². The van der Waals surface area contributed by atoms with Crippen LogP contribution in [0.2, 0.25) is 0 Å². The van der Waals surface area contributed by atoms with E-state index in [1.807, 2.05) is 30.3 Å². The van der Waals surface area contributed by atoms with Crippen molar-refractivity contribution in [1.82, 2.24) is 14.9 Å². The molecule has 0 bridgehead atoms. The van der Waals surface area contributed by atoms with Crippen LogP contribution in [0.4, 0.5) is 28.4 Å². The van der Waals surface area contributed by atoms with E-state index in [-0.39, 0.29) is 5.56 Å². The van der Waals surface area contributed by atoms with E-state index in [0.29, 0.717) is 36.1 Å². The minimum Gasteiger partial charge on any atom is -0.474 e. The summed E-state index contributed by atoms with van der Waals surface area (Å²) in [5.74, 6) is 0.0322. The Morgan fingerprint density at radius 2 is 1.88 bits per heavy atom. The van der Waals surface area contributed by atoms with Gasteiger partial charge < -0.3 is 35.5 Å². The van der Waals surface area contributed by atoms with Gasteiger partial charge in [-0.15, -0.1) is 0 Å². The maximum Gasteiger partial charge on any atom is 0.263 e. The van der Waals surface area contributed by atoms with Gasteiger partial charge in [-0.05, 0) is 43.4 Å². The van der Waals surface area contributed by atoms with Gasteiger partial charge >= 0.3 is 0 Å². The standard InChI is InChI=1S/C24H27N7O3/c1-30-9-11-31(12-10-30)18-4-2-16(3-5-18)29-23(33)21-19(6-7-26-22(21)32)28-17-14-20-24(27-15-17)34-13-8-25-20/h2-7,14-15,25H,8-13H2,1H3,(H,29,33)(H2,26,28,32). The summed E-state index contributed by atoms with van der Waals surface area (Å²) in [6, 6.07) is 11.2. The summed E-state index contributed by atoms with van der Waals surface area (Å²) in [6.07, 6.45) is 3.10. The topological polar surface area (TPSA) is 115 Å². The zero-order valence-corrected chi connectivity index (χ0v) is 18.9. The lowest BCUT2D eigenvalue weighted by atomic mass is 10.2. The lowest BCUT2D eigenvalue weighted by molar-refractivity contribution is 0.102. The van der Waals surface area contributed by atoms with Crippen molar-refractivity contribution in [3.8, 4) is 5.88 Å². The highest BCUT2D eigenvalue weighted by Crippen LogP contribution is 2.29. The van der Waals surface area contributed by atoms with E-state index in [9.17, 15) is 9.59 Å². The number of carbonyl (C=O) groups is 1. The van der Waals surface area contributed by atoms with Crippen molar-refractivity contribution in [2.24, 2.45) is 0 Å². The Balaban J connectivity index is 1.32. The molecule has 5 rings (SSSR count). The van der Waals surface area contributed by atoms with Crippen LogP contribution in [-0.4, -0.2) is 67.2 Å². The largest absolute Gasteiger partial charge is 0.474 e. The number of fused-ring (bicyclic) bond motifs is 1. The van der Waals surface area contributed by atoms with Crippen LogP contribution in [0.15, 0.2) is 53.6 Å². The summed E-state index contributed by atoms with van der Waals surface area (Å²) in [4.78, 5) is 37.1. The molecule has 34 heavy (non-hydrogen) atoms. The Bertz CT molecular complexity index is 1230. The number of amides is 1. The van der Waals surface area contributed by atoms with Gasteiger partial charge in [-0.25, -0.2) is 4.98 Å². The normalized spacial score (nSPS) is 15.6. The van der Waals surface area contributed by atoms with E-state index in [1.54, 1.807) is 12.3 Å². The average molecular weight is 462 g/mol. The smallest absolute Gasteiger partial charge is 0.263 e. The maximum absolute atomic E-state index is 13.1. The highest BCUT2D eigenvalue weighted by Gasteiger charge is 2.19. The monoisotopic (exact) mass is 461 g/mol. The summed E-state index contributed by atoms with van der Waals surface area (Å²) in [7, 11) is 2.12. The fourth-order valence-corrected chi connectivity index (χ4v) is 4.07. The molecule has 0 atom stereocenters. The van der Waals surface area contributed by atoms with Gasteiger partial charge in [-0.2, -0.15) is 0 Å². The second kappa shape index (κ2) is 9.44. The molecule has 0 radical (unpaired) electrons. The van der Waals surface area contributed by atoms with Crippen molar-refractivity contribution in [2.75, 3.05) is 67.2 Å². The lowest BCUT2D eigenvalue weighted by Gasteiger charge is -2.34. The fourth-order valence-electron chi connectivity index (χ4n) is 4.07. The number of likely N-dealkylation sites (N-methyl/N-ethyl adjacent to an activating group) is 1. The number of nitrogens with zero attached hydrogens (tertiary/aromatic N) is 3. The summed E-state index contributed by atoms with van der Waals surface area (Å²) >= 11 is 0. The van der Waals surface area contributed by atoms with Crippen LogP contribution < -0.4 is 31.1 Å². The third kappa shape index (κ3) is 4.67. The predicted octanol–water partition coefficient (Wildman–Crippen LogP) is 2.32. The van der Waals surface area contributed by atoms with Gasteiger partial charge in [0.15, 0.2) is 0 Å². The molecular formula is C24H27N7O3. The average Bonchev–Trinajstić information content (AvgIpc) is 2.85. The van der Waals surface area contributed by atoms with Crippen molar-refractivity contribution in [3.63, 3.8) is 0 Å². The maximum atomic E-state index is 13.1. The van der Waals surface area contributed by atoms with E-state index in [0.717, 1.165) is 37.6 Å². The molecule has 0 spiro atoms. The molecule has 10 nitrogen and oxygen atoms in total. The van der Waals surface area contributed by atoms with Crippen molar-refractivity contribution in [1.29, 1.82) is 0 Å². The van der Waals surface area contributed by atoms with Crippen LogP contribution in [0.5, 0.6) is 5.88 Å². The number of ether oxygens (including phenoxy) is 1. The molecule has 2 aromatic heterocycles. The zero-order valence-electron chi connectivity index (χ0n) is 18.9. The Morgan fingerprint density at radius 3 is 2.68 bits per heavy atom. The van der Waals surface area contributed by atoms with Crippen LogP contribution in [0, 0.1) is 0 Å². The molecule has 4 N–H and O–H groups in total. The van der Waals surface area contributed by atoms with E-state index in [4.69, 9.17) is 4.74 Å². The highest BCUT2D eigenvalue weighted by atomic mass is 16.5. The number of aromatic nitrogens is 2. The number of anilines is 5. The molecule has 0 unspecified atom stereocenters.